The van der Waals surface area contributed by atoms with Gasteiger partial charge in [-0.05, 0) is 39.5 Å². The summed E-state index contributed by atoms with van der Waals surface area (Å²) in [5.74, 6) is 0.517. The summed E-state index contributed by atoms with van der Waals surface area (Å²) < 4.78 is 5.91. The number of carbonyl (C=O) groups is 1. The molecule has 0 bridgehead atoms. The van der Waals surface area contributed by atoms with E-state index >= 15 is 0 Å². The SMILES string of the molecule is CC1(C)CC[C@@H](CNC(=O)N2CCC(c3nccs3)CC2)O1. The van der Waals surface area contributed by atoms with Crippen molar-refractivity contribution in [1.82, 2.24) is 15.2 Å². The predicted octanol–water partition coefficient (Wildman–Crippen LogP) is 2.99. The predicted molar refractivity (Wildman–Crippen MR) is 87.2 cm³/mol. The van der Waals surface area contributed by atoms with Crippen molar-refractivity contribution >= 4 is 17.4 Å². The van der Waals surface area contributed by atoms with Crippen molar-refractivity contribution in [1.29, 1.82) is 0 Å². The van der Waals surface area contributed by atoms with E-state index in [0.29, 0.717) is 12.5 Å². The number of thiazole rings is 1. The molecule has 3 rings (SSSR count). The summed E-state index contributed by atoms with van der Waals surface area (Å²) in [7, 11) is 0. The molecular formula is C16H25N3O2S. The molecule has 0 saturated carbocycles. The zero-order valence-corrected chi connectivity index (χ0v) is 14.2. The lowest BCUT2D eigenvalue weighted by atomic mass is 9.98. The van der Waals surface area contributed by atoms with Gasteiger partial charge < -0.3 is 15.0 Å². The molecule has 0 aromatic carbocycles. The van der Waals surface area contributed by atoms with E-state index in [4.69, 9.17) is 4.74 Å². The van der Waals surface area contributed by atoms with Crippen molar-refractivity contribution in [3.05, 3.63) is 16.6 Å². The van der Waals surface area contributed by atoms with E-state index in [1.54, 1.807) is 11.3 Å². The second kappa shape index (κ2) is 6.54. The molecule has 3 heterocycles. The van der Waals surface area contributed by atoms with Crippen LogP contribution < -0.4 is 5.32 Å². The second-order valence-corrected chi connectivity index (χ2v) is 7.78. The van der Waals surface area contributed by atoms with Crippen LogP contribution in [0.3, 0.4) is 0 Å². The molecular weight excluding hydrogens is 298 g/mol. The van der Waals surface area contributed by atoms with Crippen LogP contribution >= 0.6 is 11.3 Å². The number of hydrogen-bond acceptors (Lipinski definition) is 4. The van der Waals surface area contributed by atoms with Gasteiger partial charge in [0.2, 0.25) is 0 Å². The quantitative estimate of drug-likeness (QED) is 0.930. The number of amides is 2. The Kier molecular flexibility index (Phi) is 4.68. The molecule has 2 aliphatic rings. The molecule has 2 aliphatic heterocycles. The van der Waals surface area contributed by atoms with E-state index < -0.39 is 0 Å². The Balaban J connectivity index is 1.41. The smallest absolute Gasteiger partial charge is 0.317 e. The van der Waals surface area contributed by atoms with Crippen LogP contribution in [-0.4, -0.2) is 47.3 Å². The number of nitrogens with zero attached hydrogens (tertiary/aromatic N) is 2. The molecule has 122 valence electrons. The van der Waals surface area contributed by atoms with Crippen molar-refractivity contribution in [2.75, 3.05) is 19.6 Å². The third-order valence-corrected chi connectivity index (χ3v) is 5.56. The summed E-state index contributed by atoms with van der Waals surface area (Å²) in [6, 6.07) is 0.0471. The Bertz CT molecular complexity index is 495. The van der Waals surface area contributed by atoms with Gasteiger partial charge in [0.25, 0.3) is 0 Å². The highest BCUT2D eigenvalue weighted by Gasteiger charge is 2.32. The van der Waals surface area contributed by atoms with Crippen LogP contribution in [0.25, 0.3) is 0 Å². The number of ether oxygens (including phenoxy) is 1. The molecule has 6 heteroatoms. The van der Waals surface area contributed by atoms with Crippen molar-refractivity contribution in [3.63, 3.8) is 0 Å². The van der Waals surface area contributed by atoms with Crippen LogP contribution in [0, 0.1) is 0 Å². The van der Waals surface area contributed by atoms with E-state index in [9.17, 15) is 4.79 Å². The molecule has 0 radical (unpaired) electrons. The minimum atomic E-state index is -0.0402. The lowest BCUT2D eigenvalue weighted by Crippen LogP contribution is -2.46. The standard InChI is InChI=1S/C16H25N3O2S/c1-16(2)6-3-13(21-16)11-18-15(20)19-8-4-12(5-9-19)14-17-7-10-22-14/h7,10,12-13H,3-6,8-9,11H2,1-2H3,(H,18,20)/t13-/m0/s1. The van der Waals surface area contributed by atoms with Gasteiger partial charge in [-0.3, -0.25) is 0 Å². The first-order chi connectivity index (χ1) is 10.5. The fourth-order valence-corrected chi connectivity index (χ4v) is 4.11. The van der Waals surface area contributed by atoms with Gasteiger partial charge >= 0.3 is 6.03 Å². The molecule has 0 aliphatic carbocycles. The van der Waals surface area contributed by atoms with Crippen LogP contribution in [0.2, 0.25) is 0 Å². The lowest BCUT2D eigenvalue weighted by molar-refractivity contribution is -0.0136. The third-order valence-electron chi connectivity index (χ3n) is 4.62. The molecule has 2 amide bonds. The van der Waals surface area contributed by atoms with Crippen LogP contribution in [0.4, 0.5) is 4.79 Å². The molecule has 1 atom stereocenters. The summed E-state index contributed by atoms with van der Waals surface area (Å²) in [6.07, 6.45) is 6.13. The fraction of sp³-hybridized carbons (Fsp3) is 0.750. The summed E-state index contributed by atoms with van der Waals surface area (Å²) in [5.41, 5.74) is -0.0402. The van der Waals surface area contributed by atoms with E-state index in [-0.39, 0.29) is 17.7 Å². The molecule has 22 heavy (non-hydrogen) atoms. The summed E-state index contributed by atoms with van der Waals surface area (Å²) in [6.45, 7) is 6.46. The topological polar surface area (TPSA) is 54.5 Å². The average Bonchev–Trinajstić information content (AvgIpc) is 3.14. The lowest BCUT2D eigenvalue weighted by Gasteiger charge is -2.31. The minimum absolute atomic E-state index is 0.0402. The first-order valence-electron chi connectivity index (χ1n) is 8.13. The van der Waals surface area contributed by atoms with Gasteiger partial charge in [-0.15, -0.1) is 11.3 Å². The molecule has 0 spiro atoms. The van der Waals surface area contributed by atoms with Gasteiger partial charge in [-0.2, -0.15) is 0 Å². The highest BCUT2D eigenvalue weighted by Crippen LogP contribution is 2.30. The van der Waals surface area contributed by atoms with Gasteiger partial charge in [0.05, 0.1) is 16.7 Å². The number of piperidine rings is 1. The Morgan fingerprint density at radius 2 is 2.23 bits per heavy atom. The summed E-state index contributed by atoms with van der Waals surface area (Å²) in [4.78, 5) is 18.6. The monoisotopic (exact) mass is 323 g/mol. The third kappa shape index (κ3) is 3.79. The number of likely N-dealkylation sites (tertiary alicyclic amines) is 1. The molecule has 2 fully saturated rings. The fourth-order valence-electron chi connectivity index (χ4n) is 3.30. The normalized spacial score (nSPS) is 25.4. The number of hydrogen-bond donors (Lipinski definition) is 1. The maximum atomic E-state index is 12.3. The Hall–Kier alpha value is -1.14. The Labute approximate surface area is 136 Å². The van der Waals surface area contributed by atoms with Gasteiger partial charge in [0.1, 0.15) is 0 Å². The molecule has 0 unspecified atom stereocenters. The van der Waals surface area contributed by atoms with Crippen LogP contribution in [0.1, 0.15) is 50.5 Å². The highest BCUT2D eigenvalue weighted by molar-refractivity contribution is 7.09. The minimum Gasteiger partial charge on any atom is -0.371 e. The number of aromatic nitrogens is 1. The van der Waals surface area contributed by atoms with E-state index in [2.05, 4.69) is 24.1 Å². The van der Waals surface area contributed by atoms with Crippen molar-refractivity contribution < 1.29 is 9.53 Å². The maximum absolute atomic E-state index is 12.3. The zero-order valence-electron chi connectivity index (χ0n) is 13.4. The van der Waals surface area contributed by atoms with Gasteiger partial charge in [0, 0.05) is 37.1 Å². The molecule has 1 aromatic heterocycles. The largest absolute Gasteiger partial charge is 0.371 e. The zero-order chi connectivity index (χ0) is 15.6. The number of carbonyl (C=O) groups excluding carboxylic acids is 1. The van der Waals surface area contributed by atoms with E-state index in [1.165, 1.54) is 5.01 Å². The van der Waals surface area contributed by atoms with Gasteiger partial charge in [0.15, 0.2) is 0 Å². The van der Waals surface area contributed by atoms with Gasteiger partial charge in [-0.1, -0.05) is 0 Å². The molecule has 2 saturated heterocycles. The van der Waals surface area contributed by atoms with Crippen molar-refractivity contribution in [2.24, 2.45) is 0 Å². The van der Waals surface area contributed by atoms with Crippen LogP contribution in [0.5, 0.6) is 0 Å². The first kappa shape index (κ1) is 15.7. The Morgan fingerprint density at radius 1 is 1.45 bits per heavy atom. The number of nitrogens with one attached hydrogen (secondary N) is 1. The van der Waals surface area contributed by atoms with E-state index in [1.807, 2.05) is 16.5 Å². The second-order valence-electron chi connectivity index (χ2n) is 6.86. The van der Waals surface area contributed by atoms with Crippen molar-refractivity contribution in [3.8, 4) is 0 Å². The van der Waals surface area contributed by atoms with Crippen LogP contribution in [0.15, 0.2) is 11.6 Å². The Morgan fingerprint density at radius 3 is 2.82 bits per heavy atom. The van der Waals surface area contributed by atoms with Crippen LogP contribution in [-0.2, 0) is 4.74 Å². The summed E-state index contributed by atoms with van der Waals surface area (Å²) >= 11 is 1.72. The molecule has 5 nitrogen and oxygen atoms in total. The van der Waals surface area contributed by atoms with Gasteiger partial charge in [-0.25, -0.2) is 9.78 Å². The number of urea groups is 1. The molecule has 1 aromatic rings. The van der Waals surface area contributed by atoms with E-state index in [0.717, 1.165) is 38.8 Å². The summed E-state index contributed by atoms with van der Waals surface area (Å²) in [5, 5.41) is 6.27. The first-order valence-corrected chi connectivity index (χ1v) is 9.01. The van der Waals surface area contributed by atoms with Crippen molar-refractivity contribution in [2.45, 2.75) is 57.2 Å². The number of rotatable bonds is 3. The average molecular weight is 323 g/mol. The maximum Gasteiger partial charge on any atom is 0.317 e. The molecule has 1 N–H and O–H groups in total. The highest BCUT2D eigenvalue weighted by atomic mass is 32.1.